The highest BCUT2D eigenvalue weighted by molar-refractivity contribution is 5.83. The van der Waals surface area contributed by atoms with Crippen LogP contribution in [0.15, 0.2) is 30.3 Å². The van der Waals surface area contributed by atoms with Crippen molar-refractivity contribution >= 4 is 29.8 Å². The second kappa shape index (κ2) is 20.6. The van der Waals surface area contributed by atoms with Gasteiger partial charge in [0, 0.05) is 31.3 Å². The van der Waals surface area contributed by atoms with E-state index in [-0.39, 0.29) is 11.9 Å². The summed E-state index contributed by atoms with van der Waals surface area (Å²) >= 11 is 0. The van der Waals surface area contributed by atoms with Gasteiger partial charge in [0.15, 0.2) is 24.4 Å². The fourth-order valence-corrected chi connectivity index (χ4v) is 5.58. The Balaban J connectivity index is 0.000000474. The zero-order valence-electron chi connectivity index (χ0n) is 27.6. The Morgan fingerprint density at radius 3 is 1.65 bits per heavy atom. The molecule has 3 unspecified atom stereocenters. The summed E-state index contributed by atoms with van der Waals surface area (Å²) < 4.78 is 6.17. The van der Waals surface area contributed by atoms with Crippen LogP contribution in [0, 0.1) is 5.92 Å². The van der Waals surface area contributed by atoms with E-state index >= 15 is 0 Å². The van der Waals surface area contributed by atoms with E-state index in [9.17, 15) is 24.0 Å². The molecule has 272 valence electrons. The lowest BCUT2D eigenvalue weighted by atomic mass is 9.74. The van der Waals surface area contributed by atoms with Gasteiger partial charge in [-0.15, -0.1) is 0 Å². The molecule has 0 aromatic heterocycles. The molecule has 0 spiro atoms. The first-order valence-electron chi connectivity index (χ1n) is 15.9. The number of carbonyl (C=O) groups excluding carboxylic acids is 1. The highest BCUT2D eigenvalue weighted by atomic mass is 16.6. The van der Waals surface area contributed by atoms with Crippen LogP contribution in [0.5, 0.6) is 0 Å². The molecule has 48 heavy (non-hydrogen) atoms. The number of aliphatic carboxylic acids is 4. The Morgan fingerprint density at radius 2 is 1.23 bits per heavy atom. The van der Waals surface area contributed by atoms with Crippen LogP contribution in [0.2, 0.25) is 0 Å². The molecule has 0 amide bonds. The number of hydrogen-bond donors (Lipinski definition) is 8. The number of likely N-dealkylation sites (tertiary alicyclic amines) is 2. The van der Waals surface area contributed by atoms with E-state index in [1.54, 1.807) is 0 Å². The molecule has 7 atom stereocenters. The molecule has 16 nitrogen and oxygen atoms in total. The van der Waals surface area contributed by atoms with Gasteiger partial charge in [0.05, 0.1) is 0 Å². The van der Waals surface area contributed by atoms with E-state index in [4.69, 9.17) is 45.6 Å². The topological polar surface area (TPSA) is 263 Å². The predicted molar refractivity (Wildman–Crippen MR) is 169 cm³/mol. The van der Waals surface area contributed by atoms with Gasteiger partial charge >= 0.3 is 29.8 Å². The molecule has 2 heterocycles. The van der Waals surface area contributed by atoms with Crippen molar-refractivity contribution in [2.75, 3.05) is 32.7 Å². The number of rotatable bonds is 13. The zero-order valence-corrected chi connectivity index (χ0v) is 27.6. The molecular weight excluding hydrogens is 636 g/mol. The number of piperidine rings is 2. The van der Waals surface area contributed by atoms with Gasteiger partial charge in [-0.1, -0.05) is 50.6 Å². The minimum Gasteiger partial charge on any atom is -0.479 e. The van der Waals surface area contributed by atoms with Crippen LogP contribution >= 0.6 is 0 Å². The van der Waals surface area contributed by atoms with Crippen molar-refractivity contribution < 1.29 is 69.6 Å². The van der Waals surface area contributed by atoms with Gasteiger partial charge in [-0.25, -0.2) is 19.2 Å². The van der Waals surface area contributed by atoms with Gasteiger partial charge in [0.1, 0.15) is 5.60 Å². The van der Waals surface area contributed by atoms with Crippen molar-refractivity contribution in [3.05, 3.63) is 35.9 Å². The van der Waals surface area contributed by atoms with Crippen LogP contribution in [0.3, 0.4) is 0 Å². The molecule has 8 N–H and O–H groups in total. The SMILES string of the molecule is CCC(=O)OC1(c2ccccc2)CC(C)N(CCCN2CCCCC2)CC1C.O=C(O)[C@@H](O)[C@H](O)C(=O)O.O=C(O)[C@@H](O)[C@H](O)C(=O)O. The first kappa shape index (κ1) is 42.4. The molecule has 0 saturated carbocycles. The molecule has 2 aliphatic heterocycles. The minimum atomic E-state index is -2.27. The van der Waals surface area contributed by atoms with Gasteiger partial charge in [-0.3, -0.25) is 4.79 Å². The molecule has 2 aliphatic rings. The number of aliphatic hydroxyl groups excluding tert-OH is 4. The molecule has 2 fully saturated rings. The second-order valence-electron chi connectivity index (χ2n) is 11.9. The average Bonchev–Trinajstić information content (AvgIpc) is 3.06. The maximum Gasteiger partial charge on any atom is 0.335 e. The number of aliphatic hydroxyl groups is 4. The number of esters is 1. The van der Waals surface area contributed by atoms with Gasteiger partial charge in [-0.05, 0) is 57.9 Å². The normalized spacial score (nSPS) is 23.8. The molecule has 0 radical (unpaired) electrons. The summed E-state index contributed by atoms with van der Waals surface area (Å²) in [5.74, 6) is -6.90. The van der Waals surface area contributed by atoms with Gasteiger partial charge in [-0.2, -0.15) is 0 Å². The van der Waals surface area contributed by atoms with E-state index in [0.717, 1.165) is 25.1 Å². The number of benzene rings is 1. The van der Waals surface area contributed by atoms with Gasteiger partial charge in [0.25, 0.3) is 0 Å². The first-order chi connectivity index (χ1) is 22.5. The predicted octanol–water partition coefficient (Wildman–Crippen LogP) is 0.196. The van der Waals surface area contributed by atoms with E-state index in [2.05, 4.69) is 47.9 Å². The first-order valence-corrected chi connectivity index (χ1v) is 15.9. The van der Waals surface area contributed by atoms with Crippen molar-refractivity contribution in [1.82, 2.24) is 9.80 Å². The Labute approximate surface area is 279 Å². The molecule has 1 aromatic carbocycles. The van der Waals surface area contributed by atoms with E-state index < -0.39 is 53.9 Å². The van der Waals surface area contributed by atoms with E-state index in [1.807, 2.05) is 13.0 Å². The quantitative estimate of drug-likeness (QED) is 0.129. The smallest absolute Gasteiger partial charge is 0.335 e. The molecule has 0 bridgehead atoms. The summed E-state index contributed by atoms with van der Waals surface area (Å²) in [4.78, 5) is 56.6. The van der Waals surface area contributed by atoms with Crippen LogP contribution in [-0.2, 0) is 34.3 Å². The van der Waals surface area contributed by atoms with E-state index in [0.29, 0.717) is 12.5 Å². The summed E-state index contributed by atoms with van der Waals surface area (Å²) in [6, 6.07) is 10.8. The third kappa shape index (κ3) is 13.1. The summed E-state index contributed by atoms with van der Waals surface area (Å²) in [5, 5.41) is 65.1. The van der Waals surface area contributed by atoms with Crippen LogP contribution < -0.4 is 0 Å². The minimum absolute atomic E-state index is 0.0959. The monoisotopic (exact) mass is 686 g/mol. The maximum atomic E-state index is 12.3. The van der Waals surface area contributed by atoms with Crippen molar-refractivity contribution in [3.8, 4) is 0 Å². The highest BCUT2D eigenvalue weighted by Gasteiger charge is 2.47. The van der Waals surface area contributed by atoms with Crippen LogP contribution in [0.1, 0.15) is 64.9 Å². The van der Waals surface area contributed by atoms with E-state index in [1.165, 1.54) is 45.3 Å². The number of nitrogens with zero attached hydrogens (tertiary/aromatic N) is 2. The Bertz CT molecular complexity index is 1110. The Hall–Kier alpha value is -3.67. The van der Waals surface area contributed by atoms with Crippen LogP contribution in [0.25, 0.3) is 0 Å². The number of hydrogen-bond acceptors (Lipinski definition) is 12. The van der Waals surface area contributed by atoms with Crippen molar-refractivity contribution in [2.24, 2.45) is 5.92 Å². The number of carbonyl (C=O) groups is 5. The molecule has 2 saturated heterocycles. The highest BCUT2D eigenvalue weighted by Crippen LogP contribution is 2.43. The lowest BCUT2D eigenvalue weighted by molar-refractivity contribution is -0.178. The molecule has 16 heteroatoms. The lowest BCUT2D eigenvalue weighted by Crippen LogP contribution is -2.55. The lowest BCUT2D eigenvalue weighted by Gasteiger charge is -2.49. The molecule has 0 aliphatic carbocycles. The fourth-order valence-electron chi connectivity index (χ4n) is 5.58. The Morgan fingerprint density at radius 1 is 0.771 bits per heavy atom. The zero-order chi connectivity index (χ0) is 36.6. The number of ether oxygens (including phenoxy) is 1. The summed E-state index contributed by atoms with van der Waals surface area (Å²) in [7, 11) is 0. The Kier molecular flexibility index (Phi) is 18.2. The van der Waals surface area contributed by atoms with Gasteiger partial charge in [0.2, 0.25) is 0 Å². The summed E-state index contributed by atoms with van der Waals surface area (Å²) in [5.41, 5.74) is 0.640. The molecular formula is C32H50N2O14. The summed E-state index contributed by atoms with van der Waals surface area (Å²) in [6.45, 7) is 12.3. The van der Waals surface area contributed by atoms with Crippen LogP contribution in [0.4, 0.5) is 0 Å². The molecule has 3 rings (SSSR count). The van der Waals surface area contributed by atoms with Crippen LogP contribution in [-0.4, -0.2) is 144 Å². The third-order valence-electron chi connectivity index (χ3n) is 8.35. The summed E-state index contributed by atoms with van der Waals surface area (Å²) in [6.07, 6.45) is -2.42. The van der Waals surface area contributed by atoms with Gasteiger partial charge < -0.3 is 55.4 Å². The maximum absolute atomic E-state index is 12.3. The third-order valence-corrected chi connectivity index (χ3v) is 8.35. The van der Waals surface area contributed by atoms with Crippen molar-refractivity contribution in [2.45, 2.75) is 95.4 Å². The fraction of sp³-hybridized carbons (Fsp3) is 0.656. The number of carboxylic acids is 4. The molecule has 1 aromatic rings. The number of carboxylic acid groups (broad SMARTS) is 4. The van der Waals surface area contributed by atoms with Crippen molar-refractivity contribution in [1.29, 1.82) is 0 Å². The standard InChI is InChI=1S/C24H38N2O2.2C4H6O6/c1-4-23(27)28-24(22-12-7-5-8-13-22)18-21(3)26(19-20(24)2)17-11-16-25-14-9-6-10-15-25;2*5-1(3(7)8)2(6)4(9)10/h5,7-8,12-13,20-21H,4,6,9-11,14-19H2,1-3H3;2*1-2,5-6H,(H,7,8)(H,9,10)/t;2*1-,2-/m.00/s1. The average molecular weight is 687 g/mol. The second-order valence-corrected chi connectivity index (χ2v) is 11.9. The largest absolute Gasteiger partial charge is 0.479 e. The van der Waals surface area contributed by atoms with Crippen molar-refractivity contribution in [3.63, 3.8) is 0 Å².